The van der Waals surface area contributed by atoms with Gasteiger partial charge in [0.2, 0.25) is 0 Å². The summed E-state index contributed by atoms with van der Waals surface area (Å²) in [6.45, 7) is 0. The third-order valence-corrected chi connectivity index (χ3v) is 1.57. The number of carboxylic acid groups (broad SMARTS) is 1. The Morgan fingerprint density at radius 3 is 2.69 bits per heavy atom. The zero-order valence-corrected chi connectivity index (χ0v) is 6.97. The summed E-state index contributed by atoms with van der Waals surface area (Å²) >= 11 is 0. The Hall–Kier alpha value is -1.91. The van der Waals surface area contributed by atoms with E-state index in [0.717, 1.165) is 4.90 Å². The Kier molecular flexibility index (Phi) is 2.59. The van der Waals surface area contributed by atoms with E-state index in [1.807, 2.05) is 0 Å². The molecule has 0 unspecified atom stereocenters. The standard InChI is InChI=1S/C8H8N2O3/c1-10(8(12)13)7-3-2-6(5-11)9-4-7/h2-5H,1H3,(H,12,13). The normalized spacial score (nSPS) is 9.31. The maximum atomic E-state index is 10.5. The largest absolute Gasteiger partial charge is 0.465 e. The SMILES string of the molecule is CN(C(=O)O)c1ccc(C=O)nc1. The number of anilines is 1. The molecule has 0 aliphatic heterocycles. The minimum atomic E-state index is -1.07. The van der Waals surface area contributed by atoms with Crippen molar-refractivity contribution in [3.63, 3.8) is 0 Å². The molecule has 0 spiro atoms. The van der Waals surface area contributed by atoms with Crippen molar-refractivity contribution in [3.05, 3.63) is 24.0 Å². The highest BCUT2D eigenvalue weighted by atomic mass is 16.4. The lowest BCUT2D eigenvalue weighted by Crippen LogP contribution is -2.23. The van der Waals surface area contributed by atoms with Gasteiger partial charge >= 0.3 is 6.09 Å². The van der Waals surface area contributed by atoms with E-state index >= 15 is 0 Å². The molecule has 13 heavy (non-hydrogen) atoms. The van der Waals surface area contributed by atoms with Gasteiger partial charge in [-0.05, 0) is 12.1 Å². The van der Waals surface area contributed by atoms with Gasteiger partial charge in [-0.25, -0.2) is 4.79 Å². The van der Waals surface area contributed by atoms with Crippen LogP contribution in [0.3, 0.4) is 0 Å². The molecule has 68 valence electrons. The van der Waals surface area contributed by atoms with Crippen molar-refractivity contribution in [2.24, 2.45) is 0 Å². The van der Waals surface area contributed by atoms with Crippen LogP contribution in [0.1, 0.15) is 10.5 Å². The van der Waals surface area contributed by atoms with Crippen molar-refractivity contribution in [3.8, 4) is 0 Å². The Balaban J connectivity index is 2.91. The van der Waals surface area contributed by atoms with Gasteiger partial charge < -0.3 is 5.11 Å². The average Bonchev–Trinajstić information content (AvgIpc) is 2.17. The molecule has 0 saturated heterocycles. The molecule has 1 N–H and O–H groups in total. The predicted octanol–water partition coefficient (Wildman–Crippen LogP) is 1.01. The van der Waals surface area contributed by atoms with Crippen LogP contribution in [-0.2, 0) is 0 Å². The monoisotopic (exact) mass is 180 g/mol. The van der Waals surface area contributed by atoms with Crippen molar-refractivity contribution in [1.29, 1.82) is 0 Å². The number of carbonyl (C=O) groups is 2. The predicted molar refractivity (Wildman–Crippen MR) is 46.1 cm³/mol. The van der Waals surface area contributed by atoms with E-state index < -0.39 is 6.09 Å². The molecule has 5 heteroatoms. The number of rotatable bonds is 2. The van der Waals surface area contributed by atoms with Crippen LogP contribution in [0, 0.1) is 0 Å². The molecule has 5 nitrogen and oxygen atoms in total. The summed E-state index contributed by atoms with van der Waals surface area (Å²) in [5.74, 6) is 0. The number of aldehydes is 1. The van der Waals surface area contributed by atoms with Crippen LogP contribution in [-0.4, -0.2) is 29.5 Å². The zero-order valence-electron chi connectivity index (χ0n) is 6.97. The second kappa shape index (κ2) is 3.66. The Morgan fingerprint density at radius 2 is 2.31 bits per heavy atom. The second-order valence-corrected chi connectivity index (χ2v) is 2.40. The molecule has 1 heterocycles. The lowest BCUT2D eigenvalue weighted by molar-refractivity contribution is 0.111. The Bertz CT molecular complexity index is 321. The molecule has 0 fully saturated rings. The van der Waals surface area contributed by atoms with Gasteiger partial charge in [0.05, 0.1) is 11.9 Å². The molecule has 0 aliphatic rings. The van der Waals surface area contributed by atoms with Crippen LogP contribution in [0.15, 0.2) is 18.3 Å². The molecule has 0 aliphatic carbocycles. The number of aromatic nitrogens is 1. The highest BCUT2D eigenvalue weighted by molar-refractivity contribution is 5.85. The third-order valence-electron chi connectivity index (χ3n) is 1.57. The van der Waals surface area contributed by atoms with E-state index in [4.69, 9.17) is 5.11 Å². The number of amides is 1. The number of hydrogen-bond acceptors (Lipinski definition) is 3. The zero-order chi connectivity index (χ0) is 9.84. The lowest BCUT2D eigenvalue weighted by atomic mass is 10.3. The first-order chi connectivity index (χ1) is 6.15. The minimum absolute atomic E-state index is 0.280. The maximum absolute atomic E-state index is 10.5. The molecule has 1 aromatic heterocycles. The summed E-state index contributed by atoms with van der Waals surface area (Å²) in [5.41, 5.74) is 0.709. The molecule has 0 bridgehead atoms. The van der Waals surface area contributed by atoms with Gasteiger partial charge in [-0.2, -0.15) is 0 Å². The number of carbonyl (C=O) groups excluding carboxylic acids is 1. The summed E-state index contributed by atoms with van der Waals surface area (Å²) < 4.78 is 0. The third kappa shape index (κ3) is 2.02. The molecule has 1 aromatic rings. The van der Waals surface area contributed by atoms with Crippen molar-refractivity contribution >= 4 is 18.1 Å². The lowest BCUT2D eigenvalue weighted by Gasteiger charge is -2.11. The van der Waals surface area contributed by atoms with E-state index in [-0.39, 0.29) is 5.69 Å². The molecular weight excluding hydrogens is 172 g/mol. The fourth-order valence-electron chi connectivity index (χ4n) is 0.776. The molecule has 1 rings (SSSR count). The van der Waals surface area contributed by atoms with Crippen molar-refractivity contribution < 1.29 is 14.7 Å². The van der Waals surface area contributed by atoms with Crippen LogP contribution in [0.2, 0.25) is 0 Å². The maximum Gasteiger partial charge on any atom is 0.411 e. The number of nitrogens with zero attached hydrogens (tertiary/aromatic N) is 2. The summed E-state index contributed by atoms with van der Waals surface area (Å²) in [4.78, 5) is 25.5. The fourth-order valence-corrected chi connectivity index (χ4v) is 0.776. The van der Waals surface area contributed by atoms with Gasteiger partial charge in [0, 0.05) is 7.05 Å². The number of pyridine rings is 1. The second-order valence-electron chi connectivity index (χ2n) is 2.40. The van der Waals surface area contributed by atoms with E-state index in [9.17, 15) is 9.59 Å². The Labute approximate surface area is 74.6 Å². The topological polar surface area (TPSA) is 70.5 Å². The number of hydrogen-bond donors (Lipinski definition) is 1. The molecule has 0 saturated carbocycles. The van der Waals surface area contributed by atoms with Crippen LogP contribution in [0.25, 0.3) is 0 Å². The molecule has 0 aromatic carbocycles. The van der Waals surface area contributed by atoms with Gasteiger partial charge in [0.25, 0.3) is 0 Å². The van der Waals surface area contributed by atoms with E-state index in [1.165, 1.54) is 25.4 Å². The molecule has 0 radical (unpaired) electrons. The van der Waals surface area contributed by atoms with Crippen LogP contribution in [0.5, 0.6) is 0 Å². The minimum Gasteiger partial charge on any atom is -0.465 e. The summed E-state index contributed by atoms with van der Waals surface area (Å²) in [6, 6.07) is 2.98. The first kappa shape index (κ1) is 9.18. The van der Waals surface area contributed by atoms with Crippen molar-refractivity contribution in [2.45, 2.75) is 0 Å². The van der Waals surface area contributed by atoms with E-state index in [2.05, 4.69) is 4.98 Å². The summed E-state index contributed by atoms with van der Waals surface area (Å²) in [6.07, 6.45) is 0.864. The quantitative estimate of drug-likeness (QED) is 0.689. The fraction of sp³-hybridized carbons (Fsp3) is 0.125. The Morgan fingerprint density at radius 1 is 1.62 bits per heavy atom. The summed E-state index contributed by atoms with van der Waals surface area (Å²) in [5, 5.41) is 8.59. The van der Waals surface area contributed by atoms with Gasteiger partial charge in [0.1, 0.15) is 5.69 Å². The first-order valence-corrected chi connectivity index (χ1v) is 3.53. The smallest absolute Gasteiger partial charge is 0.411 e. The van der Waals surface area contributed by atoms with Crippen LogP contribution < -0.4 is 4.90 Å². The van der Waals surface area contributed by atoms with Crippen molar-refractivity contribution in [1.82, 2.24) is 4.98 Å². The van der Waals surface area contributed by atoms with Gasteiger partial charge in [0.15, 0.2) is 6.29 Å². The highest BCUT2D eigenvalue weighted by Gasteiger charge is 2.07. The first-order valence-electron chi connectivity index (χ1n) is 3.53. The highest BCUT2D eigenvalue weighted by Crippen LogP contribution is 2.10. The average molecular weight is 180 g/mol. The van der Waals surface area contributed by atoms with Crippen molar-refractivity contribution in [2.75, 3.05) is 11.9 Å². The molecule has 0 atom stereocenters. The van der Waals surface area contributed by atoms with E-state index in [0.29, 0.717) is 12.0 Å². The van der Waals surface area contributed by atoms with Gasteiger partial charge in [-0.3, -0.25) is 14.7 Å². The van der Waals surface area contributed by atoms with Crippen LogP contribution in [0.4, 0.5) is 10.5 Å². The van der Waals surface area contributed by atoms with E-state index in [1.54, 1.807) is 0 Å². The molecule has 1 amide bonds. The summed E-state index contributed by atoms with van der Waals surface area (Å²) in [7, 11) is 1.40. The molecular formula is C8H8N2O3. The van der Waals surface area contributed by atoms with Gasteiger partial charge in [-0.15, -0.1) is 0 Å². The van der Waals surface area contributed by atoms with Crippen LogP contribution >= 0.6 is 0 Å². The van der Waals surface area contributed by atoms with Gasteiger partial charge in [-0.1, -0.05) is 0 Å².